The van der Waals surface area contributed by atoms with Gasteiger partial charge < -0.3 is 5.32 Å². The molecule has 1 N–H and O–H groups in total. The van der Waals surface area contributed by atoms with Gasteiger partial charge >= 0.3 is 0 Å². The number of aromatic nitrogens is 3. The molecule has 1 aliphatic rings. The average molecular weight is 338 g/mol. The van der Waals surface area contributed by atoms with E-state index in [4.69, 9.17) is 0 Å². The van der Waals surface area contributed by atoms with Crippen LogP contribution >= 0.6 is 11.3 Å². The minimum absolute atomic E-state index is 0.0410. The van der Waals surface area contributed by atoms with E-state index in [1.807, 2.05) is 18.4 Å². The molecule has 23 heavy (non-hydrogen) atoms. The van der Waals surface area contributed by atoms with Gasteiger partial charge in [0, 0.05) is 36.0 Å². The second-order valence-electron chi connectivity index (χ2n) is 5.99. The Kier molecular flexibility index (Phi) is 4.57. The predicted molar refractivity (Wildman–Crippen MR) is 88.1 cm³/mol. The van der Waals surface area contributed by atoms with E-state index in [0.717, 1.165) is 22.8 Å². The quantitative estimate of drug-likeness (QED) is 0.894. The Morgan fingerprint density at radius 2 is 2.00 bits per heavy atom. The fraction of sp³-hybridized carbons (Fsp3) is 0.562. The molecular weight excluding hydrogens is 318 g/mol. The number of hydrogen-bond acceptors (Lipinski definition) is 5. The van der Waals surface area contributed by atoms with Gasteiger partial charge in [-0.05, 0) is 26.2 Å². The number of anilines is 1. The molecule has 4 nitrogen and oxygen atoms in total. The molecule has 0 aromatic carbocycles. The summed E-state index contributed by atoms with van der Waals surface area (Å²) in [5, 5.41) is 6.09. The fourth-order valence-electron chi connectivity index (χ4n) is 2.70. The standard InChI is InChI=1S/C16H20F2N4S/c1-3-11-9-23-15(21-11)14-19-10(2)8-13(22-14)20-12-4-6-16(17,18)7-5-12/h8-9,12H,3-7H2,1-2H3,(H,19,20,22). The highest BCUT2D eigenvalue weighted by Gasteiger charge is 2.34. The number of nitrogens with zero attached hydrogens (tertiary/aromatic N) is 3. The molecule has 3 rings (SSSR count). The van der Waals surface area contributed by atoms with E-state index in [1.165, 1.54) is 11.3 Å². The number of aryl methyl sites for hydroxylation is 2. The van der Waals surface area contributed by atoms with Crippen LogP contribution in [0.25, 0.3) is 10.8 Å². The van der Waals surface area contributed by atoms with Crippen LogP contribution in [0.15, 0.2) is 11.4 Å². The van der Waals surface area contributed by atoms with Gasteiger partial charge in [-0.2, -0.15) is 0 Å². The Hall–Kier alpha value is -1.63. The van der Waals surface area contributed by atoms with Crippen molar-refractivity contribution in [1.82, 2.24) is 15.0 Å². The van der Waals surface area contributed by atoms with Crippen molar-refractivity contribution >= 4 is 17.2 Å². The summed E-state index contributed by atoms with van der Waals surface area (Å²) in [5.74, 6) is -1.23. The SMILES string of the molecule is CCc1csc(-c2nc(C)cc(NC3CCC(F)(F)CC3)n2)n1. The highest BCUT2D eigenvalue weighted by Crippen LogP contribution is 2.34. The van der Waals surface area contributed by atoms with Gasteiger partial charge in [0.2, 0.25) is 5.92 Å². The molecule has 0 spiro atoms. The molecule has 0 saturated heterocycles. The summed E-state index contributed by atoms with van der Waals surface area (Å²) in [6.07, 6.45) is 1.68. The Labute approximate surface area is 138 Å². The van der Waals surface area contributed by atoms with Crippen molar-refractivity contribution in [2.75, 3.05) is 5.32 Å². The highest BCUT2D eigenvalue weighted by atomic mass is 32.1. The van der Waals surface area contributed by atoms with Crippen LogP contribution in [0.1, 0.15) is 44.0 Å². The number of thiazole rings is 1. The van der Waals surface area contributed by atoms with Crippen molar-refractivity contribution < 1.29 is 8.78 Å². The third kappa shape index (κ3) is 4.02. The molecule has 0 amide bonds. The third-order valence-corrected chi connectivity index (χ3v) is 4.92. The average Bonchev–Trinajstić information content (AvgIpc) is 2.98. The largest absolute Gasteiger partial charge is 0.367 e. The van der Waals surface area contributed by atoms with Crippen molar-refractivity contribution in [3.63, 3.8) is 0 Å². The Morgan fingerprint density at radius 3 is 2.65 bits per heavy atom. The molecule has 0 radical (unpaired) electrons. The van der Waals surface area contributed by atoms with Gasteiger partial charge in [-0.3, -0.25) is 0 Å². The van der Waals surface area contributed by atoms with Gasteiger partial charge in [0.1, 0.15) is 5.82 Å². The maximum absolute atomic E-state index is 13.2. The number of hydrogen-bond donors (Lipinski definition) is 1. The zero-order valence-corrected chi connectivity index (χ0v) is 14.1. The first-order valence-corrected chi connectivity index (χ1v) is 8.78. The Morgan fingerprint density at radius 1 is 1.26 bits per heavy atom. The lowest BCUT2D eigenvalue weighted by molar-refractivity contribution is -0.0361. The Balaban J connectivity index is 1.75. The maximum Gasteiger partial charge on any atom is 0.248 e. The lowest BCUT2D eigenvalue weighted by Gasteiger charge is -2.29. The van der Waals surface area contributed by atoms with Crippen LogP contribution in [-0.4, -0.2) is 26.9 Å². The molecule has 0 aliphatic heterocycles. The summed E-state index contributed by atoms with van der Waals surface area (Å²) in [6.45, 7) is 3.96. The van der Waals surface area contributed by atoms with Crippen LogP contribution in [0.4, 0.5) is 14.6 Å². The lowest BCUT2D eigenvalue weighted by atomic mass is 9.92. The zero-order chi connectivity index (χ0) is 16.4. The number of halogens is 2. The van der Waals surface area contributed by atoms with E-state index in [1.54, 1.807) is 0 Å². The summed E-state index contributed by atoms with van der Waals surface area (Å²) >= 11 is 1.53. The van der Waals surface area contributed by atoms with Crippen LogP contribution in [-0.2, 0) is 6.42 Å². The van der Waals surface area contributed by atoms with Crippen molar-refractivity contribution in [2.24, 2.45) is 0 Å². The first kappa shape index (κ1) is 16.2. The maximum atomic E-state index is 13.2. The van der Waals surface area contributed by atoms with Gasteiger partial charge in [-0.1, -0.05) is 6.92 Å². The minimum Gasteiger partial charge on any atom is -0.367 e. The van der Waals surface area contributed by atoms with Crippen molar-refractivity contribution in [2.45, 2.75) is 57.9 Å². The molecule has 0 atom stereocenters. The van der Waals surface area contributed by atoms with Crippen LogP contribution in [0.2, 0.25) is 0 Å². The number of alkyl halides is 2. The molecule has 1 saturated carbocycles. The van der Waals surface area contributed by atoms with Crippen molar-refractivity contribution in [1.29, 1.82) is 0 Å². The lowest BCUT2D eigenvalue weighted by Crippen LogP contribution is -2.32. The van der Waals surface area contributed by atoms with Gasteiger partial charge in [-0.15, -0.1) is 11.3 Å². The summed E-state index contributed by atoms with van der Waals surface area (Å²) in [4.78, 5) is 13.5. The fourth-order valence-corrected chi connectivity index (χ4v) is 3.54. The number of rotatable bonds is 4. The molecule has 1 fully saturated rings. The van der Waals surface area contributed by atoms with E-state index in [2.05, 4.69) is 27.2 Å². The monoisotopic (exact) mass is 338 g/mol. The van der Waals surface area contributed by atoms with Crippen LogP contribution in [0.5, 0.6) is 0 Å². The van der Waals surface area contributed by atoms with Gasteiger partial charge in [0.15, 0.2) is 10.8 Å². The molecule has 7 heteroatoms. The molecule has 2 aromatic rings. The second-order valence-corrected chi connectivity index (χ2v) is 6.85. The van der Waals surface area contributed by atoms with E-state index < -0.39 is 5.92 Å². The van der Waals surface area contributed by atoms with Crippen LogP contribution < -0.4 is 5.32 Å². The van der Waals surface area contributed by atoms with Crippen LogP contribution in [0, 0.1) is 6.92 Å². The van der Waals surface area contributed by atoms with Crippen molar-refractivity contribution in [3.8, 4) is 10.8 Å². The zero-order valence-electron chi connectivity index (χ0n) is 13.3. The van der Waals surface area contributed by atoms with E-state index in [9.17, 15) is 8.78 Å². The first-order valence-electron chi connectivity index (χ1n) is 7.90. The topological polar surface area (TPSA) is 50.7 Å². The Bertz CT molecular complexity index is 676. The summed E-state index contributed by atoms with van der Waals surface area (Å²) in [5.41, 5.74) is 1.87. The molecular formula is C16H20F2N4S. The normalized spacial score (nSPS) is 18.1. The van der Waals surface area contributed by atoms with Crippen molar-refractivity contribution in [3.05, 3.63) is 22.8 Å². The third-order valence-electron chi connectivity index (χ3n) is 4.03. The van der Waals surface area contributed by atoms with E-state index in [-0.39, 0.29) is 18.9 Å². The minimum atomic E-state index is -2.51. The van der Waals surface area contributed by atoms with Gasteiger partial charge in [0.25, 0.3) is 0 Å². The van der Waals surface area contributed by atoms with E-state index in [0.29, 0.717) is 24.5 Å². The molecule has 2 heterocycles. The highest BCUT2D eigenvalue weighted by molar-refractivity contribution is 7.13. The molecule has 1 aliphatic carbocycles. The molecule has 0 unspecified atom stereocenters. The summed E-state index contributed by atoms with van der Waals surface area (Å²) in [6, 6.07) is 1.89. The first-order chi connectivity index (χ1) is 10.9. The summed E-state index contributed by atoms with van der Waals surface area (Å²) in [7, 11) is 0. The summed E-state index contributed by atoms with van der Waals surface area (Å²) < 4.78 is 26.5. The molecule has 0 bridgehead atoms. The second kappa shape index (κ2) is 6.47. The van der Waals surface area contributed by atoms with E-state index >= 15 is 0 Å². The van der Waals surface area contributed by atoms with Gasteiger partial charge in [-0.25, -0.2) is 23.7 Å². The number of nitrogens with one attached hydrogen (secondary N) is 1. The predicted octanol–water partition coefficient (Wildman–Crippen LogP) is 4.46. The van der Waals surface area contributed by atoms with Gasteiger partial charge in [0.05, 0.1) is 5.69 Å². The van der Waals surface area contributed by atoms with Crippen LogP contribution in [0.3, 0.4) is 0 Å². The molecule has 2 aromatic heterocycles. The smallest absolute Gasteiger partial charge is 0.248 e. The molecule has 124 valence electrons.